The van der Waals surface area contributed by atoms with Crippen LogP contribution in [-0.2, 0) is 6.42 Å². The topological polar surface area (TPSA) is 20.2 Å². The smallest absolute Gasteiger partial charge is 0.115 e. The Balaban J connectivity index is 2.37. The molecule has 1 nitrogen and oxygen atoms in total. The number of aromatic hydroxyl groups is 1. The van der Waals surface area contributed by atoms with Gasteiger partial charge >= 0.3 is 0 Å². The molecule has 0 aromatic heterocycles. The third kappa shape index (κ3) is 3.79. The SMILES string of the molecule is CC/C=C/CCc1ccc(O)cc1. The molecule has 0 aliphatic heterocycles. The maximum atomic E-state index is 9.05. The Bertz CT molecular complexity index is 259. The molecule has 0 aliphatic rings. The lowest BCUT2D eigenvalue weighted by atomic mass is 10.1. The van der Waals surface area contributed by atoms with Crippen molar-refractivity contribution in [3.05, 3.63) is 42.0 Å². The van der Waals surface area contributed by atoms with Gasteiger partial charge in [0, 0.05) is 0 Å². The van der Waals surface area contributed by atoms with Crippen LogP contribution in [0.1, 0.15) is 25.3 Å². The highest BCUT2D eigenvalue weighted by molar-refractivity contribution is 5.26. The molecule has 0 spiro atoms. The van der Waals surface area contributed by atoms with Crippen LogP contribution >= 0.6 is 0 Å². The number of hydrogen-bond donors (Lipinski definition) is 1. The van der Waals surface area contributed by atoms with Gasteiger partial charge in [-0.1, -0.05) is 31.2 Å². The van der Waals surface area contributed by atoms with Crippen LogP contribution in [0.4, 0.5) is 0 Å². The van der Waals surface area contributed by atoms with E-state index in [1.54, 1.807) is 12.1 Å². The van der Waals surface area contributed by atoms with Crippen LogP contribution in [0.15, 0.2) is 36.4 Å². The minimum Gasteiger partial charge on any atom is -0.508 e. The summed E-state index contributed by atoms with van der Waals surface area (Å²) in [5.41, 5.74) is 1.28. The third-order valence-electron chi connectivity index (χ3n) is 1.94. The van der Waals surface area contributed by atoms with E-state index in [1.165, 1.54) is 5.56 Å². The first kappa shape index (κ1) is 9.85. The Morgan fingerprint density at radius 2 is 1.85 bits per heavy atom. The lowest BCUT2D eigenvalue weighted by molar-refractivity contribution is 0.475. The van der Waals surface area contributed by atoms with E-state index in [1.807, 2.05) is 12.1 Å². The lowest BCUT2D eigenvalue weighted by Gasteiger charge is -1.97. The van der Waals surface area contributed by atoms with Crippen LogP contribution in [0.5, 0.6) is 5.75 Å². The summed E-state index contributed by atoms with van der Waals surface area (Å²) >= 11 is 0. The van der Waals surface area contributed by atoms with Gasteiger partial charge < -0.3 is 5.11 Å². The quantitative estimate of drug-likeness (QED) is 0.698. The highest BCUT2D eigenvalue weighted by Gasteiger charge is 1.90. The molecule has 0 saturated carbocycles. The third-order valence-corrected chi connectivity index (χ3v) is 1.94. The number of aryl methyl sites for hydroxylation is 1. The molecule has 13 heavy (non-hydrogen) atoms. The number of phenols is 1. The van der Waals surface area contributed by atoms with Gasteiger partial charge in [-0.25, -0.2) is 0 Å². The van der Waals surface area contributed by atoms with Crippen LogP contribution in [0.25, 0.3) is 0 Å². The summed E-state index contributed by atoms with van der Waals surface area (Å²) in [7, 11) is 0. The van der Waals surface area contributed by atoms with E-state index in [-0.39, 0.29) is 0 Å². The van der Waals surface area contributed by atoms with Crippen LogP contribution in [-0.4, -0.2) is 5.11 Å². The summed E-state index contributed by atoms with van der Waals surface area (Å²) in [6.07, 6.45) is 7.62. The molecular weight excluding hydrogens is 160 g/mol. The van der Waals surface area contributed by atoms with Gasteiger partial charge in [0.2, 0.25) is 0 Å². The standard InChI is InChI=1S/C12H16O/c1-2-3-4-5-6-11-7-9-12(13)10-8-11/h3-4,7-10,13H,2,5-6H2,1H3/b4-3+. The van der Waals surface area contributed by atoms with E-state index in [2.05, 4.69) is 19.1 Å². The van der Waals surface area contributed by atoms with Crippen molar-refractivity contribution >= 4 is 0 Å². The predicted octanol–water partition coefficient (Wildman–Crippen LogP) is 3.29. The largest absolute Gasteiger partial charge is 0.508 e. The maximum absolute atomic E-state index is 9.05. The zero-order valence-corrected chi connectivity index (χ0v) is 8.03. The van der Waals surface area contributed by atoms with Gasteiger partial charge in [-0.2, -0.15) is 0 Å². The zero-order valence-electron chi connectivity index (χ0n) is 8.03. The zero-order chi connectivity index (χ0) is 9.52. The predicted molar refractivity (Wildman–Crippen MR) is 55.9 cm³/mol. The maximum Gasteiger partial charge on any atom is 0.115 e. The average molecular weight is 176 g/mol. The fourth-order valence-electron chi connectivity index (χ4n) is 1.20. The molecule has 1 rings (SSSR count). The Morgan fingerprint density at radius 1 is 1.15 bits per heavy atom. The normalized spacial score (nSPS) is 10.8. The van der Waals surface area contributed by atoms with Gasteiger partial charge in [-0.05, 0) is 37.0 Å². The number of benzene rings is 1. The van der Waals surface area contributed by atoms with Gasteiger partial charge in [0.1, 0.15) is 5.75 Å². The van der Waals surface area contributed by atoms with Crippen LogP contribution in [0.3, 0.4) is 0 Å². The van der Waals surface area contributed by atoms with Crippen molar-refractivity contribution in [3.63, 3.8) is 0 Å². The van der Waals surface area contributed by atoms with Gasteiger partial charge in [0.25, 0.3) is 0 Å². The minimum atomic E-state index is 0.341. The molecule has 1 heteroatoms. The molecule has 0 unspecified atom stereocenters. The van der Waals surface area contributed by atoms with Crippen molar-refractivity contribution in [2.75, 3.05) is 0 Å². The Hall–Kier alpha value is -1.24. The fraction of sp³-hybridized carbons (Fsp3) is 0.333. The molecule has 0 bridgehead atoms. The van der Waals surface area contributed by atoms with Crippen LogP contribution < -0.4 is 0 Å². The van der Waals surface area contributed by atoms with Gasteiger partial charge in [0.05, 0.1) is 0 Å². The number of allylic oxidation sites excluding steroid dienone is 2. The van der Waals surface area contributed by atoms with Gasteiger partial charge in [-0.3, -0.25) is 0 Å². The summed E-state index contributed by atoms with van der Waals surface area (Å²) in [6.45, 7) is 2.14. The molecule has 0 radical (unpaired) electrons. The number of hydrogen-bond acceptors (Lipinski definition) is 1. The molecule has 70 valence electrons. The monoisotopic (exact) mass is 176 g/mol. The molecule has 0 fully saturated rings. The van der Waals surface area contributed by atoms with Gasteiger partial charge in [-0.15, -0.1) is 0 Å². The van der Waals surface area contributed by atoms with Crippen molar-refractivity contribution in [1.29, 1.82) is 0 Å². The molecule has 0 saturated heterocycles. The summed E-state index contributed by atoms with van der Waals surface area (Å²) in [5, 5.41) is 9.05. The summed E-state index contributed by atoms with van der Waals surface area (Å²) in [4.78, 5) is 0. The minimum absolute atomic E-state index is 0.341. The van der Waals surface area contributed by atoms with E-state index in [0.29, 0.717) is 5.75 Å². The second kappa shape index (κ2) is 5.41. The van der Waals surface area contributed by atoms with Crippen molar-refractivity contribution in [2.24, 2.45) is 0 Å². The van der Waals surface area contributed by atoms with E-state index < -0.39 is 0 Å². The second-order valence-corrected chi connectivity index (χ2v) is 3.08. The van der Waals surface area contributed by atoms with E-state index >= 15 is 0 Å². The van der Waals surface area contributed by atoms with E-state index in [9.17, 15) is 0 Å². The van der Waals surface area contributed by atoms with E-state index in [0.717, 1.165) is 19.3 Å². The molecule has 1 aromatic carbocycles. The first-order valence-electron chi connectivity index (χ1n) is 4.76. The summed E-state index contributed by atoms with van der Waals surface area (Å²) in [6, 6.07) is 7.40. The van der Waals surface area contributed by atoms with Crippen LogP contribution in [0, 0.1) is 0 Å². The summed E-state index contributed by atoms with van der Waals surface area (Å²) < 4.78 is 0. The van der Waals surface area contributed by atoms with Gasteiger partial charge in [0.15, 0.2) is 0 Å². The second-order valence-electron chi connectivity index (χ2n) is 3.08. The Morgan fingerprint density at radius 3 is 2.46 bits per heavy atom. The number of phenolic OH excluding ortho intramolecular Hbond substituents is 1. The van der Waals surface area contributed by atoms with Crippen LogP contribution in [0.2, 0.25) is 0 Å². The molecule has 0 heterocycles. The first-order chi connectivity index (χ1) is 6.33. The Kier molecular flexibility index (Phi) is 4.10. The Labute approximate surface area is 79.7 Å². The first-order valence-corrected chi connectivity index (χ1v) is 4.76. The van der Waals surface area contributed by atoms with Crippen molar-refractivity contribution in [2.45, 2.75) is 26.2 Å². The molecule has 0 amide bonds. The molecule has 1 aromatic rings. The molecule has 1 N–H and O–H groups in total. The average Bonchev–Trinajstić information content (AvgIpc) is 2.15. The lowest BCUT2D eigenvalue weighted by Crippen LogP contribution is -1.81. The molecular formula is C12H16O. The fourth-order valence-corrected chi connectivity index (χ4v) is 1.20. The van der Waals surface area contributed by atoms with Crippen molar-refractivity contribution < 1.29 is 5.11 Å². The molecule has 0 aliphatic carbocycles. The highest BCUT2D eigenvalue weighted by Crippen LogP contribution is 2.11. The number of rotatable bonds is 4. The van der Waals surface area contributed by atoms with E-state index in [4.69, 9.17) is 5.11 Å². The van der Waals surface area contributed by atoms with Crippen molar-refractivity contribution in [3.8, 4) is 5.75 Å². The summed E-state index contributed by atoms with van der Waals surface area (Å²) in [5.74, 6) is 0.341. The highest BCUT2D eigenvalue weighted by atomic mass is 16.3. The molecule has 0 atom stereocenters. The van der Waals surface area contributed by atoms with Crippen molar-refractivity contribution in [1.82, 2.24) is 0 Å².